The summed E-state index contributed by atoms with van der Waals surface area (Å²) in [5, 5.41) is 6.01. The van der Waals surface area contributed by atoms with E-state index in [0.717, 1.165) is 46.5 Å². The van der Waals surface area contributed by atoms with Crippen LogP contribution in [-0.4, -0.2) is 19.9 Å². The Bertz CT molecular complexity index is 1250. The average Bonchev–Trinajstić information content (AvgIpc) is 3.23. The van der Waals surface area contributed by atoms with Crippen molar-refractivity contribution in [2.24, 2.45) is 14.1 Å². The van der Waals surface area contributed by atoms with Gasteiger partial charge in [0.05, 0.1) is 15.7 Å². The normalized spacial score (nSPS) is 17.7. The minimum Gasteiger partial charge on any atom is -0.349 e. The summed E-state index contributed by atoms with van der Waals surface area (Å²) in [6.07, 6.45) is 5.33. The zero-order valence-corrected chi connectivity index (χ0v) is 18.1. The molecule has 0 aliphatic carbocycles. The summed E-state index contributed by atoms with van der Waals surface area (Å²) in [5.74, 6) is 0. The maximum absolute atomic E-state index is 13.6. The minimum absolute atomic E-state index is 0.383. The first-order valence-electron chi connectivity index (χ1n) is 10.4. The molecule has 1 N–H and O–H groups in total. The van der Waals surface area contributed by atoms with E-state index in [4.69, 9.17) is 0 Å². The molecule has 0 spiro atoms. The third kappa shape index (κ3) is 2.87. The number of rotatable bonds is 4. The van der Waals surface area contributed by atoms with E-state index in [1.54, 1.807) is 0 Å². The first-order valence-corrected chi connectivity index (χ1v) is 11.6. The quantitative estimate of drug-likeness (QED) is 0.528. The Kier molecular flexibility index (Phi) is 4.60. The van der Waals surface area contributed by atoms with E-state index in [2.05, 4.69) is 52.7 Å². The third-order valence-corrected chi connectivity index (χ3v) is 7.69. The van der Waals surface area contributed by atoms with Gasteiger partial charge in [0.1, 0.15) is 0 Å². The van der Waals surface area contributed by atoms with Gasteiger partial charge in [-0.05, 0) is 36.2 Å². The molecule has 0 bridgehead atoms. The number of aromatic nitrogens is 2. The molecule has 0 saturated heterocycles. The molecule has 5 rings (SSSR count). The van der Waals surface area contributed by atoms with Crippen molar-refractivity contribution < 1.29 is 4.21 Å². The van der Waals surface area contributed by atoms with Gasteiger partial charge in [-0.3, -0.25) is 0 Å². The van der Waals surface area contributed by atoms with Crippen molar-refractivity contribution in [3.63, 3.8) is 0 Å². The van der Waals surface area contributed by atoms with Crippen molar-refractivity contribution in [2.45, 2.75) is 42.0 Å². The van der Waals surface area contributed by atoms with Gasteiger partial charge in [0.25, 0.3) is 0 Å². The summed E-state index contributed by atoms with van der Waals surface area (Å²) < 4.78 is 18.0. The number of nitrogens with zero attached hydrogens (tertiary/aromatic N) is 2. The van der Waals surface area contributed by atoms with Gasteiger partial charge in [-0.25, -0.2) is 4.21 Å². The molecular weight excluding hydrogens is 378 g/mol. The second-order valence-corrected chi connectivity index (χ2v) is 9.48. The molecule has 5 heteroatoms. The first kappa shape index (κ1) is 18.6. The monoisotopic (exact) mass is 405 g/mol. The Labute approximate surface area is 174 Å². The Morgan fingerprint density at radius 3 is 2.76 bits per heavy atom. The van der Waals surface area contributed by atoms with Gasteiger partial charge in [-0.2, -0.15) is 0 Å². The lowest BCUT2D eigenvalue weighted by molar-refractivity contribution is 0.466. The first-order chi connectivity index (χ1) is 14.1. The molecule has 4 nitrogen and oxygen atoms in total. The summed E-state index contributed by atoms with van der Waals surface area (Å²) >= 11 is 0. The van der Waals surface area contributed by atoms with Gasteiger partial charge in [-0.15, -0.1) is 0 Å². The van der Waals surface area contributed by atoms with Gasteiger partial charge in [0, 0.05) is 71.7 Å². The van der Waals surface area contributed by atoms with Crippen LogP contribution in [0, 0.1) is 0 Å². The number of aryl methyl sites for hydroxylation is 2. The average molecular weight is 406 g/mol. The smallest absolute Gasteiger partial charge is 0.0871 e. The van der Waals surface area contributed by atoms with Gasteiger partial charge >= 0.3 is 0 Å². The molecule has 0 amide bonds. The summed E-state index contributed by atoms with van der Waals surface area (Å²) in [5.41, 5.74) is 5.18. The van der Waals surface area contributed by atoms with Crippen LogP contribution < -0.4 is 5.32 Å². The molecule has 3 heterocycles. The van der Waals surface area contributed by atoms with Crippen LogP contribution in [0.4, 0.5) is 0 Å². The maximum atomic E-state index is 13.6. The highest BCUT2D eigenvalue weighted by Crippen LogP contribution is 2.37. The van der Waals surface area contributed by atoms with Crippen LogP contribution in [0.15, 0.2) is 58.5 Å². The molecule has 2 atom stereocenters. The van der Waals surface area contributed by atoms with E-state index in [1.165, 1.54) is 22.2 Å². The van der Waals surface area contributed by atoms with Crippen LogP contribution in [0.5, 0.6) is 0 Å². The van der Waals surface area contributed by atoms with E-state index >= 15 is 0 Å². The largest absolute Gasteiger partial charge is 0.349 e. The highest BCUT2D eigenvalue weighted by molar-refractivity contribution is 7.85. The van der Waals surface area contributed by atoms with Crippen molar-refractivity contribution in [3.05, 3.63) is 59.9 Å². The van der Waals surface area contributed by atoms with Crippen molar-refractivity contribution in [1.82, 2.24) is 14.5 Å². The molecule has 0 saturated carbocycles. The van der Waals surface area contributed by atoms with Crippen LogP contribution in [0.25, 0.3) is 21.8 Å². The molecule has 0 fully saturated rings. The van der Waals surface area contributed by atoms with Crippen molar-refractivity contribution >= 4 is 32.6 Å². The molecule has 4 aromatic rings. The number of hydrogen-bond donors (Lipinski definition) is 1. The van der Waals surface area contributed by atoms with Crippen molar-refractivity contribution in [2.75, 3.05) is 6.54 Å². The Balaban J connectivity index is 1.66. The summed E-state index contributed by atoms with van der Waals surface area (Å²) in [6.45, 7) is 3.26. The van der Waals surface area contributed by atoms with Crippen LogP contribution in [0.3, 0.4) is 0 Å². The highest BCUT2D eigenvalue weighted by Gasteiger charge is 2.26. The molecule has 2 unspecified atom stereocenters. The van der Waals surface area contributed by atoms with E-state index < -0.39 is 10.8 Å². The SMILES string of the molecule is CCCC1NCCc2c1c1cc(S(=O)c3cn(C)c4ccccc34)ccc1n2C. The summed E-state index contributed by atoms with van der Waals surface area (Å²) in [6, 6.07) is 14.9. The number of benzene rings is 2. The summed E-state index contributed by atoms with van der Waals surface area (Å²) in [7, 11) is 2.96. The topological polar surface area (TPSA) is 39.0 Å². The minimum atomic E-state index is -1.21. The van der Waals surface area contributed by atoms with E-state index in [-0.39, 0.29) is 0 Å². The number of hydrogen-bond acceptors (Lipinski definition) is 2. The van der Waals surface area contributed by atoms with E-state index in [9.17, 15) is 4.21 Å². The molecule has 2 aromatic carbocycles. The molecule has 0 radical (unpaired) electrons. The molecule has 150 valence electrons. The molecule has 29 heavy (non-hydrogen) atoms. The zero-order valence-electron chi connectivity index (χ0n) is 17.2. The predicted molar refractivity (Wildman–Crippen MR) is 120 cm³/mol. The Morgan fingerprint density at radius 2 is 1.93 bits per heavy atom. The second-order valence-electron chi connectivity index (χ2n) is 8.03. The molecule has 2 aromatic heterocycles. The Morgan fingerprint density at radius 1 is 1.10 bits per heavy atom. The fourth-order valence-electron chi connectivity index (χ4n) is 4.89. The van der Waals surface area contributed by atoms with Crippen LogP contribution in [0.2, 0.25) is 0 Å². The zero-order chi connectivity index (χ0) is 20.1. The standard InChI is InChI=1S/C24H27N3OS/c1-4-7-19-24-18-14-16(10-11-21(18)27(3)22(24)12-13-25-19)29(28)23-15-26(2)20-9-6-5-8-17(20)23/h5-6,8-11,14-15,19,25H,4,7,12-13H2,1-3H3. The lowest BCUT2D eigenvalue weighted by Crippen LogP contribution is -2.30. The van der Waals surface area contributed by atoms with E-state index in [1.807, 2.05) is 31.4 Å². The molecular formula is C24H27N3OS. The molecule has 1 aliphatic rings. The van der Waals surface area contributed by atoms with Crippen LogP contribution in [-0.2, 0) is 31.3 Å². The number of nitrogens with one attached hydrogen (secondary N) is 1. The van der Waals surface area contributed by atoms with Crippen LogP contribution >= 0.6 is 0 Å². The third-order valence-electron chi connectivity index (χ3n) is 6.29. The summed E-state index contributed by atoms with van der Waals surface area (Å²) in [4.78, 5) is 1.76. The molecule has 1 aliphatic heterocycles. The number of para-hydroxylation sites is 1. The second kappa shape index (κ2) is 7.15. The highest BCUT2D eigenvalue weighted by atomic mass is 32.2. The lowest BCUT2D eigenvalue weighted by atomic mass is 9.94. The fourth-order valence-corrected chi connectivity index (χ4v) is 6.19. The van der Waals surface area contributed by atoms with Crippen molar-refractivity contribution in [3.8, 4) is 0 Å². The van der Waals surface area contributed by atoms with Gasteiger partial charge in [0.15, 0.2) is 0 Å². The fraction of sp³-hybridized carbons (Fsp3) is 0.333. The lowest BCUT2D eigenvalue weighted by Gasteiger charge is -2.25. The predicted octanol–water partition coefficient (Wildman–Crippen LogP) is 4.82. The van der Waals surface area contributed by atoms with Gasteiger partial charge in [0.2, 0.25) is 0 Å². The van der Waals surface area contributed by atoms with Gasteiger partial charge < -0.3 is 14.5 Å². The van der Waals surface area contributed by atoms with Crippen molar-refractivity contribution in [1.29, 1.82) is 0 Å². The Hall–Kier alpha value is -2.37. The van der Waals surface area contributed by atoms with Crippen LogP contribution in [0.1, 0.15) is 37.1 Å². The van der Waals surface area contributed by atoms with E-state index in [0.29, 0.717) is 6.04 Å². The van der Waals surface area contributed by atoms with Gasteiger partial charge in [-0.1, -0.05) is 31.5 Å². The number of fused-ring (bicyclic) bond motifs is 4. The maximum Gasteiger partial charge on any atom is 0.0871 e.